The largest absolute Gasteiger partial charge is 0.361 e. The van der Waals surface area contributed by atoms with Crippen LogP contribution in [0, 0.1) is 6.92 Å². The molecule has 0 atom stereocenters. The molecule has 0 saturated heterocycles. The number of aromatic amines is 1. The number of aromatic nitrogens is 5. The standard InChI is InChI=1S/C13H17N7O/c1-3-4-14-13-18-11(10-12(19-13)17-7-16-10)15-6-9-5-8(2)20-21-9/h5,7H,3-4,6H2,1-2H3,(H3,14,15,16,17,18,19). The Kier molecular flexibility index (Phi) is 3.67. The van der Waals surface area contributed by atoms with Crippen molar-refractivity contribution in [3.05, 3.63) is 23.8 Å². The minimum absolute atomic E-state index is 0.499. The number of aryl methyl sites for hydroxylation is 1. The summed E-state index contributed by atoms with van der Waals surface area (Å²) < 4.78 is 5.18. The molecular formula is C13H17N7O. The number of nitrogens with zero attached hydrogens (tertiary/aromatic N) is 4. The van der Waals surface area contributed by atoms with E-state index in [1.165, 1.54) is 0 Å². The zero-order valence-electron chi connectivity index (χ0n) is 12.0. The summed E-state index contributed by atoms with van der Waals surface area (Å²) in [5.41, 5.74) is 2.25. The number of imidazole rings is 1. The molecule has 21 heavy (non-hydrogen) atoms. The summed E-state index contributed by atoms with van der Waals surface area (Å²) in [6, 6.07) is 1.88. The molecule has 0 aliphatic rings. The molecule has 0 unspecified atom stereocenters. The zero-order valence-corrected chi connectivity index (χ0v) is 12.0. The highest BCUT2D eigenvalue weighted by Gasteiger charge is 2.10. The highest BCUT2D eigenvalue weighted by molar-refractivity contribution is 5.83. The highest BCUT2D eigenvalue weighted by atomic mass is 16.5. The van der Waals surface area contributed by atoms with Gasteiger partial charge in [0.25, 0.3) is 0 Å². The van der Waals surface area contributed by atoms with E-state index in [0.29, 0.717) is 24.0 Å². The number of fused-ring (bicyclic) bond motifs is 1. The fourth-order valence-corrected chi connectivity index (χ4v) is 1.95. The normalized spacial score (nSPS) is 11.0. The lowest BCUT2D eigenvalue weighted by Crippen LogP contribution is -2.08. The number of nitrogens with one attached hydrogen (secondary N) is 3. The molecule has 3 aromatic heterocycles. The molecule has 110 valence electrons. The molecule has 0 aromatic carbocycles. The third-order valence-corrected chi connectivity index (χ3v) is 2.93. The van der Waals surface area contributed by atoms with Crippen LogP contribution in [-0.2, 0) is 6.54 Å². The Bertz CT molecular complexity index is 733. The van der Waals surface area contributed by atoms with Crippen molar-refractivity contribution in [3.8, 4) is 0 Å². The average Bonchev–Trinajstić information content (AvgIpc) is 3.11. The molecule has 0 bridgehead atoms. The lowest BCUT2D eigenvalue weighted by Gasteiger charge is -2.07. The quantitative estimate of drug-likeness (QED) is 0.637. The fraction of sp³-hybridized carbons (Fsp3) is 0.385. The SMILES string of the molecule is CCCNc1nc(NCc2cc(C)no2)c2[nH]cnc2n1. The number of H-pyrrole nitrogens is 1. The van der Waals surface area contributed by atoms with Crippen LogP contribution in [0.3, 0.4) is 0 Å². The second kappa shape index (κ2) is 5.78. The lowest BCUT2D eigenvalue weighted by atomic mass is 10.4. The van der Waals surface area contributed by atoms with E-state index in [2.05, 4.69) is 42.6 Å². The molecule has 0 amide bonds. The van der Waals surface area contributed by atoms with Crippen LogP contribution in [0.4, 0.5) is 11.8 Å². The summed E-state index contributed by atoms with van der Waals surface area (Å²) in [6.45, 7) is 5.29. The van der Waals surface area contributed by atoms with Gasteiger partial charge >= 0.3 is 0 Å². The molecule has 0 saturated carbocycles. The fourth-order valence-electron chi connectivity index (χ4n) is 1.95. The molecule has 0 fully saturated rings. The van der Waals surface area contributed by atoms with Gasteiger partial charge in [0, 0.05) is 12.6 Å². The van der Waals surface area contributed by atoms with Gasteiger partial charge in [0.15, 0.2) is 17.2 Å². The number of hydrogen-bond acceptors (Lipinski definition) is 7. The van der Waals surface area contributed by atoms with Gasteiger partial charge in [-0.2, -0.15) is 9.97 Å². The smallest absolute Gasteiger partial charge is 0.226 e. The molecule has 0 radical (unpaired) electrons. The summed E-state index contributed by atoms with van der Waals surface area (Å²) in [6.07, 6.45) is 2.61. The summed E-state index contributed by atoms with van der Waals surface area (Å²) in [5.74, 6) is 2.00. The van der Waals surface area contributed by atoms with Crippen molar-refractivity contribution >= 4 is 22.9 Å². The van der Waals surface area contributed by atoms with E-state index in [9.17, 15) is 0 Å². The predicted molar refractivity (Wildman–Crippen MR) is 79.0 cm³/mol. The second-order valence-corrected chi connectivity index (χ2v) is 4.71. The van der Waals surface area contributed by atoms with Gasteiger partial charge < -0.3 is 20.1 Å². The molecule has 0 spiro atoms. The molecule has 0 aliphatic carbocycles. The van der Waals surface area contributed by atoms with Gasteiger partial charge in [0.05, 0.1) is 18.6 Å². The van der Waals surface area contributed by atoms with Crippen molar-refractivity contribution < 1.29 is 4.52 Å². The van der Waals surface area contributed by atoms with Gasteiger partial charge in [0.1, 0.15) is 5.52 Å². The van der Waals surface area contributed by atoms with Crippen LogP contribution in [0.25, 0.3) is 11.2 Å². The van der Waals surface area contributed by atoms with Crippen molar-refractivity contribution in [1.82, 2.24) is 25.1 Å². The minimum atomic E-state index is 0.499. The van der Waals surface area contributed by atoms with Gasteiger partial charge in [-0.3, -0.25) is 0 Å². The third kappa shape index (κ3) is 2.93. The maximum Gasteiger partial charge on any atom is 0.226 e. The first-order valence-electron chi connectivity index (χ1n) is 6.87. The van der Waals surface area contributed by atoms with Gasteiger partial charge in [-0.15, -0.1) is 0 Å². The van der Waals surface area contributed by atoms with Crippen molar-refractivity contribution in [3.63, 3.8) is 0 Å². The first kappa shape index (κ1) is 13.3. The first-order chi connectivity index (χ1) is 10.3. The Hall–Kier alpha value is -2.64. The van der Waals surface area contributed by atoms with Crippen LogP contribution in [-0.4, -0.2) is 31.6 Å². The topological polar surface area (TPSA) is 105 Å². The van der Waals surface area contributed by atoms with Gasteiger partial charge in [-0.25, -0.2) is 4.98 Å². The highest BCUT2D eigenvalue weighted by Crippen LogP contribution is 2.19. The summed E-state index contributed by atoms with van der Waals surface area (Å²) in [7, 11) is 0. The Morgan fingerprint density at radius 2 is 2.19 bits per heavy atom. The number of rotatable bonds is 6. The second-order valence-electron chi connectivity index (χ2n) is 4.71. The number of anilines is 2. The molecule has 0 aliphatic heterocycles. The van der Waals surface area contributed by atoms with Crippen molar-refractivity contribution in [2.75, 3.05) is 17.2 Å². The van der Waals surface area contributed by atoms with Crippen LogP contribution in [0.5, 0.6) is 0 Å². The van der Waals surface area contributed by atoms with Crippen molar-refractivity contribution in [2.24, 2.45) is 0 Å². The van der Waals surface area contributed by atoms with Crippen LogP contribution in [0.1, 0.15) is 24.8 Å². The lowest BCUT2D eigenvalue weighted by molar-refractivity contribution is 0.384. The predicted octanol–water partition coefficient (Wildman–Crippen LogP) is 2.08. The van der Waals surface area contributed by atoms with Crippen LogP contribution < -0.4 is 10.6 Å². The van der Waals surface area contributed by atoms with E-state index in [1.54, 1.807) is 6.33 Å². The minimum Gasteiger partial charge on any atom is -0.361 e. The zero-order chi connectivity index (χ0) is 14.7. The Morgan fingerprint density at radius 3 is 2.95 bits per heavy atom. The van der Waals surface area contributed by atoms with Crippen LogP contribution in [0.15, 0.2) is 16.9 Å². The summed E-state index contributed by atoms with van der Waals surface area (Å²) in [4.78, 5) is 16.0. The molecular weight excluding hydrogens is 270 g/mol. The van der Waals surface area contributed by atoms with E-state index >= 15 is 0 Å². The number of hydrogen-bond donors (Lipinski definition) is 3. The van der Waals surface area contributed by atoms with Gasteiger partial charge in [0.2, 0.25) is 5.95 Å². The third-order valence-electron chi connectivity index (χ3n) is 2.93. The Balaban J connectivity index is 1.83. The van der Waals surface area contributed by atoms with Gasteiger partial charge in [-0.1, -0.05) is 12.1 Å². The molecule has 3 N–H and O–H groups in total. The monoisotopic (exact) mass is 287 g/mol. The van der Waals surface area contributed by atoms with E-state index in [-0.39, 0.29) is 0 Å². The van der Waals surface area contributed by atoms with Crippen molar-refractivity contribution in [1.29, 1.82) is 0 Å². The van der Waals surface area contributed by atoms with E-state index < -0.39 is 0 Å². The molecule has 8 heteroatoms. The van der Waals surface area contributed by atoms with E-state index in [1.807, 2.05) is 13.0 Å². The van der Waals surface area contributed by atoms with E-state index in [4.69, 9.17) is 4.52 Å². The van der Waals surface area contributed by atoms with Crippen molar-refractivity contribution in [2.45, 2.75) is 26.8 Å². The molecule has 3 heterocycles. The maximum absolute atomic E-state index is 5.18. The molecule has 8 nitrogen and oxygen atoms in total. The molecule has 3 rings (SSSR count). The Labute approximate surface area is 121 Å². The average molecular weight is 287 g/mol. The Morgan fingerprint density at radius 1 is 1.29 bits per heavy atom. The molecule has 3 aromatic rings. The maximum atomic E-state index is 5.18. The summed E-state index contributed by atoms with van der Waals surface area (Å²) >= 11 is 0. The van der Waals surface area contributed by atoms with Crippen LogP contribution in [0.2, 0.25) is 0 Å². The van der Waals surface area contributed by atoms with Crippen LogP contribution >= 0.6 is 0 Å². The van der Waals surface area contributed by atoms with E-state index in [0.717, 1.165) is 29.9 Å². The summed E-state index contributed by atoms with van der Waals surface area (Å²) in [5, 5.41) is 10.3. The van der Waals surface area contributed by atoms with Gasteiger partial charge in [-0.05, 0) is 13.3 Å². The first-order valence-corrected chi connectivity index (χ1v) is 6.87.